The molecule has 0 unspecified atom stereocenters. The maximum Gasteiger partial charge on any atom is 0.326 e. The summed E-state index contributed by atoms with van der Waals surface area (Å²) in [7, 11) is 0. The van der Waals surface area contributed by atoms with Gasteiger partial charge in [0, 0.05) is 17.3 Å². The lowest BCUT2D eigenvalue weighted by Crippen LogP contribution is -2.25. The number of nitrogens with zero attached hydrogens (tertiary/aromatic N) is 5. The molecule has 1 aliphatic carbocycles. The van der Waals surface area contributed by atoms with Crippen LogP contribution in [0.2, 0.25) is 0 Å². The van der Waals surface area contributed by atoms with Crippen molar-refractivity contribution in [1.82, 2.24) is 29.5 Å². The second-order valence-corrected chi connectivity index (χ2v) is 7.82. The van der Waals surface area contributed by atoms with Gasteiger partial charge < -0.3 is 24.9 Å². The monoisotopic (exact) mass is 448 g/mol. The molecule has 3 aromatic heterocycles. The van der Waals surface area contributed by atoms with Crippen molar-refractivity contribution in [2.75, 3.05) is 18.5 Å². The number of nitrogens with one attached hydrogen (secondary N) is 3. The SMILES string of the molecule is O=c1[nH]c(O)c(/C=c2\cnn3c(=NC4CC4)nc(NCc4cccc5c4OCCO5)nc23)[nH]1. The van der Waals surface area contributed by atoms with E-state index in [0.717, 1.165) is 18.4 Å². The van der Waals surface area contributed by atoms with Crippen LogP contribution in [0, 0.1) is 0 Å². The third-order valence-electron chi connectivity index (χ3n) is 5.34. The fourth-order valence-corrected chi connectivity index (χ4v) is 3.61. The molecule has 0 spiro atoms. The minimum absolute atomic E-state index is 0.226. The number of hydrogen-bond acceptors (Lipinski definition) is 9. The van der Waals surface area contributed by atoms with Crippen molar-refractivity contribution in [3.05, 3.63) is 57.0 Å². The second-order valence-electron chi connectivity index (χ2n) is 7.82. The highest BCUT2D eigenvalue weighted by atomic mass is 16.6. The molecule has 4 aromatic rings. The van der Waals surface area contributed by atoms with Gasteiger partial charge in [0.1, 0.15) is 18.9 Å². The molecule has 0 amide bonds. The normalized spacial score (nSPS) is 16.5. The van der Waals surface area contributed by atoms with E-state index in [0.29, 0.717) is 53.7 Å². The molecule has 12 heteroatoms. The summed E-state index contributed by atoms with van der Waals surface area (Å²) in [5, 5.41) is 18.1. The van der Waals surface area contributed by atoms with Gasteiger partial charge in [0.25, 0.3) is 5.62 Å². The summed E-state index contributed by atoms with van der Waals surface area (Å²) in [6, 6.07) is 5.97. The predicted octanol–water partition coefficient (Wildman–Crippen LogP) is -0.160. The molecule has 4 heterocycles. The lowest BCUT2D eigenvalue weighted by atomic mass is 10.1. The summed E-state index contributed by atoms with van der Waals surface area (Å²) in [6.07, 6.45) is 5.20. The minimum Gasteiger partial charge on any atom is -0.493 e. The number of aromatic hydroxyl groups is 1. The minimum atomic E-state index is -0.506. The Labute approximate surface area is 185 Å². The Morgan fingerprint density at radius 2 is 2.12 bits per heavy atom. The number of anilines is 1. The number of benzene rings is 1. The van der Waals surface area contributed by atoms with Gasteiger partial charge in [0.05, 0.1) is 12.2 Å². The molecule has 4 N–H and O–H groups in total. The number of aromatic nitrogens is 6. The number of aromatic amines is 2. The lowest BCUT2D eigenvalue weighted by molar-refractivity contribution is 0.170. The van der Waals surface area contributed by atoms with E-state index in [1.54, 1.807) is 16.8 Å². The number of hydrogen-bond donors (Lipinski definition) is 4. The van der Waals surface area contributed by atoms with Gasteiger partial charge in [-0.25, -0.2) is 9.79 Å². The Bertz CT molecular complexity index is 1530. The van der Waals surface area contributed by atoms with E-state index in [-0.39, 0.29) is 17.6 Å². The molecule has 1 aliphatic heterocycles. The first kappa shape index (κ1) is 19.3. The van der Waals surface area contributed by atoms with Crippen molar-refractivity contribution in [1.29, 1.82) is 0 Å². The summed E-state index contributed by atoms with van der Waals surface area (Å²) in [5.74, 6) is 1.55. The van der Waals surface area contributed by atoms with Gasteiger partial charge in [0.2, 0.25) is 11.8 Å². The summed E-state index contributed by atoms with van der Waals surface area (Å²) in [5.41, 5.74) is 1.58. The molecule has 33 heavy (non-hydrogen) atoms. The lowest BCUT2D eigenvalue weighted by Gasteiger charge is -2.21. The molecule has 1 fully saturated rings. The Morgan fingerprint density at radius 1 is 1.24 bits per heavy atom. The van der Waals surface area contributed by atoms with Gasteiger partial charge in [0.15, 0.2) is 17.1 Å². The third-order valence-corrected chi connectivity index (χ3v) is 5.34. The molecule has 12 nitrogen and oxygen atoms in total. The van der Waals surface area contributed by atoms with Crippen molar-refractivity contribution >= 4 is 17.7 Å². The van der Waals surface area contributed by atoms with E-state index in [4.69, 9.17) is 9.47 Å². The zero-order chi connectivity index (χ0) is 22.4. The average molecular weight is 448 g/mol. The van der Waals surface area contributed by atoms with Crippen molar-refractivity contribution in [3.8, 4) is 17.4 Å². The molecule has 0 saturated heterocycles. The van der Waals surface area contributed by atoms with Gasteiger partial charge in [-0.05, 0) is 25.0 Å². The summed E-state index contributed by atoms with van der Waals surface area (Å²) in [6.45, 7) is 1.45. The summed E-state index contributed by atoms with van der Waals surface area (Å²) in [4.78, 5) is 30.1. The third kappa shape index (κ3) is 3.75. The highest BCUT2D eigenvalue weighted by Crippen LogP contribution is 2.33. The van der Waals surface area contributed by atoms with Crippen LogP contribution in [0.1, 0.15) is 24.1 Å². The van der Waals surface area contributed by atoms with Crippen LogP contribution in [-0.2, 0) is 6.54 Å². The molecule has 168 valence electrons. The molecule has 0 atom stereocenters. The van der Waals surface area contributed by atoms with E-state index < -0.39 is 5.69 Å². The maximum atomic E-state index is 11.5. The Morgan fingerprint density at radius 3 is 2.94 bits per heavy atom. The predicted molar refractivity (Wildman–Crippen MR) is 116 cm³/mol. The quantitative estimate of drug-likeness (QED) is 0.328. The molecule has 1 aromatic carbocycles. The van der Waals surface area contributed by atoms with Gasteiger partial charge in [-0.1, -0.05) is 12.1 Å². The number of rotatable bonds is 5. The van der Waals surface area contributed by atoms with Gasteiger partial charge in [-0.2, -0.15) is 19.6 Å². The molecule has 6 rings (SSSR count). The van der Waals surface area contributed by atoms with E-state index in [9.17, 15) is 9.90 Å². The molecular weight excluding hydrogens is 428 g/mol. The number of fused-ring (bicyclic) bond motifs is 2. The first-order valence-corrected chi connectivity index (χ1v) is 10.6. The van der Waals surface area contributed by atoms with E-state index in [1.807, 2.05) is 18.2 Å². The van der Waals surface area contributed by atoms with Crippen LogP contribution in [0.5, 0.6) is 17.4 Å². The summed E-state index contributed by atoms with van der Waals surface area (Å²) < 4.78 is 13.0. The fourth-order valence-electron chi connectivity index (χ4n) is 3.61. The van der Waals surface area contributed by atoms with Crippen LogP contribution < -0.4 is 31.3 Å². The fraction of sp³-hybridized carbons (Fsp3) is 0.286. The topological polar surface area (TPSA) is 155 Å². The zero-order valence-electron chi connectivity index (χ0n) is 17.4. The molecular formula is C21H20N8O4. The highest BCUT2D eigenvalue weighted by molar-refractivity contribution is 5.57. The van der Waals surface area contributed by atoms with Gasteiger partial charge >= 0.3 is 5.69 Å². The molecule has 0 bridgehead atoms. The van der Waals surface area contributed by atoms with Crippen LogP contribution in [0.4, 0.5) is 5.95 Å². The molecule has 2 aliphatic rings. The van der Waals surface area contributed by atoms with Crippen LogP contribution in [0.3, 0.4) is 0 Å². The average Bonchev–Trinajstić information content (AvgIpc) is 3.46. The van der Waals surface area contributed by atoms with E-state index >= 15 is 0 Å². The Balaban J connectivity index is 1.41. The van der Waals surface area contributed by atoms with Crippen LogP contribution in [-0.4, -0.2) is 53.9 Å². The Hall–Kier alpha value is -4.35. The van der Waals surface area contributed by atoms with Crippen molar-refractivity contribution in [3.63, 3.8) is 0 Å². The van der Waals surface area contributed by atoms with E-state index in [2.05, 4.69) is 35.3 Å². The van der Waals surface area contributed by atoms with Crippen molar-refractivity contribution in [2.45, 2.75) is 25.4 Å². The van der Waals surface area contributed by atoms with E-state index in [1.165, 1.54) is 0 Å². The summed E-state index contributed by atoms with van der Waals surface area (Å²) >= 11 is 0. The standard InChI is InChI=1S/C21H20N8O4/c30-18-14(25-21(31)27-18)8-12-10-23-29-17(12)26-19(28-20(29)24-13-4-5-13)22-9-11-2-1-3-15-16(11)33-7-6-32-15/h1-3,8,10,13,30H,4-7,9H2,(H,22,24,28)(H2,25,27,31)/b12-8+. The van der Waals surface area contributed by atoms with Crippen LogP contribution in [0.15, 0.2) is 34.2 Å². The second kappa shape index (κ2) is 7.65. The highest BCUT2D eigenvalue weighted by Gasteiger charge is 2.21. The van der Waals surface area contributed by atoms with Gasteiger partial charge in [-0.15, -0.1) is 0 Å². The van der Waals surface area contributed by atoms with Crippen LogP contribution >= 0.6 is 0 Å². The Kier molecular flexibility index (Phi) is 4.49. The zero-order valence-corrected chi connectivity index (χ0v) is 17.4. The smallest absolute Gasteiger partial charge is 0.326 e. The first-order chi connectivity index (χ1) is 16.1. The largest absolute Gasteiger partial charge is 0.493 e. The van der Waals surface area contributed by atoms with Crippen molar-refractivity contribution < 1.29 is 14.6 Å². The van der Waals surface area contributed by atoms with Crippen molar-refractivity contribution in [2.24, 2.45) is 4.99 Å². The molecule has 1 saturated carbocycles. The molecule has 0 radical (unpaired) electrons. The maximum absolute atomic E-state index is 11.5. The van der Waals surface area contributed by atoms with Gasteiger partial charge in [-0.3, -0.25) is 4.98 Å². The number of H-pyrrole nitrogens is 2. The number of para-hydroxylation sites is 1. The number of ether oxygens (including phenoxy) is 2. The first-order valence-electron chi connectivity index (χ1n) is 10.6. The van der Waals surface area contributed by atoms with Crippen LogP contribution in [0.25, 0.3) is 11.7 Å². The number of imidazole rings is 1.